The van der Waals surface area contributed by atoms with E-state index in [0.29, 0.717) is 11.8 Å². The van der Waals surface area contributed by atoms with Crippen LogP contribution < -0.4 is 5.32 Å². The molecule has 168 valence electrons. The minimum Gasteiger partial charge on any atom is -0.371 e. The third-order valence-corrected chi connectivity index (χ3v) is 7.25. The van der Waals surface area contributed by atoms with Crippen molar-refractivity contribution < 1.29 is 9.53 Å². The van der Waals surface area contributed by atoms with Crippen LogP contribution in [0.3, 0.4) is 0 Å². The third kappa shape index (κ3) is 3.84. The molecule has 1 saturated carbocycles. The van der Waals surface area contributed by atoms with Gasteiger partial charge in [-0.1, -0.05) is 18.2 Å². The minimum absolute atomic E-state index is 0.122. The number of benzene rings is 1. The molecule has 6 rings (SSSR count). The summed E-state index contributed by atoms with van der Waals surface area (Å²) >= 11 is 0. The summed E-state index contributed by atoms with van der Waals surface area (Å²) < 4.78 is 5.96. The van der Waals surface area contributed by atoms with E-state index in [0.717, 1.165) is 65.1 Å². The number of hydrogen-bond acceptors (Lipinski definition) is 6. The van der Waals surface area contributed by atoms with Crippen molar-refractivity contribution in [2.75, 3.05) is 45.9 Å². The third-order valence-electron chi connectivity index (χ3n) is 7.25. The number of allylic oxidation sites excluding steroid dienone is 1. The van der Waals surface area contributed by atoms with Gasteiger partial charge in [-0.3, -0.25) is 9.80 Å². The van der Waals surface area contributed by atoms with Gasteiger partial charge in [-0.25, -0.2) is 0 Å². The molecule has 4 heterocycles. The number of hydrogen-bond donors (Lipinski definition) is 1. The second kappa shape index (κ2) is 8.37. The average Bonchev–Trinajstić information content (AvgIpc) is 3.62. The number of nitrogens with one attached hydrogen (secondary N) is 1. The zero-order chi connectivity index (χ0) is 21.5. The zero-order valence-electron chi connectivity index (χ0n) is 18.4. The molecule has 1 aromatic rings. The summed E-state index contributed by atoms with van der Waals surface area (Å²) in [6.45, 7) is 6.01. The van der Waals surface area contributed by atoms with E-state index >= 15 is 0 Å². The van der Waals surface area contributed by atoms with Crippen LogP contribution >= 0.6 is 0 Å². The SMILES string of the molecule is O=C(C1CC1)N1CCN(C2=CC=NN3C=C(c4cccc(C5CNCCO5)c4)CC23)CC1. The van der Waals surface area contributed by atoms with Gasteiger partial charge in [-0.05, 0) is 41.7 Å². The molecule has 4 aliphatic heterocycles. The Morgan fingerprint density at radius 3 is 2.81 bits per heavy atom. The van der Waals surface area contributed by atoms with E-state index in [1.54, 1.807) is 0 Å². The Morgan fingerprint density at radius 1 is 1.16 bits per heavy atom. The first-order valence-electron chi connectivity index (χ1n) is 12.0. The van der Waals surface area contributed by atoms with Crippen molar-refractivity contribution in [2.24, 2.45) is 11.0 Å². The summed E-state index contributed by atoms with van der Waals surface area (Å²) in [7, 11) is 0. The molecule has 1 aliphatic carbocycles. The van der Waals surface area contributed by atoms with Gasteiger partial charge in [-0.15, -0.1) is 0 Å². The second-order valence-electron chi connectivity index (χ2n) is 9.39. The van der Waals surface area contributed by atoms with Crippen LogP contribution in [-0.2, 0) is 9.53 Å². The molecule has 0 bridgehead atoms. The van der Waals surface area contributed by atoms with Crippen LogP contribution in [0.4, 0.5) is 0 Å². The molecule has 1 aromatic carbocycles. The molecule has 0 spiro atoms. The zero-order valence-corrected chi connectivity index (χ0v) is 18.4. The number of fused-ring (bicyclic) bond motifs is 1. The minimum atomic E-state index is 0.122. The van der Waals surface area contributed by atoms with E-state index in [4.69, 9.17) is 4.74 Å². The van der Waals surface area contributed by atoms with E-state index in [1.807, 2.05) is 6.21 Å². The quantitative estimate of drug-likeness (QED) is 0.789. The second-order valence-corrected chi connectivity index (χ2v) is 9.39. The molecule has 7 heteroatoms. The van der Waals surface area contributed by atoms with E-state index in [1.165, 1.54) is 22.4 Å². The van der Waals surface area contributed by atoms with Gasteiger partial charge in [0.1, 0.15) is 0 Å². The highest BCUT2D eigenvalue weighted by Crippen LogP contribution is 2.37. The molecule has 0 aromatic heterocycles. The van der Waals surface area contributed by atoms with E-state index < -0.39 is 0 Å². The molecule has 2 saturated heterocycles. The predicted molar refractivity (Wildman–Crippen MR) is 124 cm³/mol. The molecule has 32 heavy (non-hydrogen) atoms. The lowest BCUT2D eigenvalue weighted by atomic mass is 9.96. The maximum absolute atomic E-state index is 12.4. The van der Waals surface area contributed by atoms with Crippen LogP contribution in [0.25, 0.3) is 5.57 Å². The van der Waals surface area contributed by atoms with Crippen molar-refractivity contribution in [1.82, 2.24) is 20.1 Å². The van der Waals surface area contributed by atoms with Gasteiger partial charge in [-0.2, -0.15) is 5.10 Å². The molecular formula is C25H31N5O2. The standard InChI is InChI=1S/C25H31N5O2/c31-25(18-4-5-18)29-11-9-28(10-12-29)22-6-7-27-30-17-21(15-23(22)30)19-2-1-3-20(14-19)24-16-26-8-13-32-24/h1-3,6-7,14,17-18,23-24,26H,4-5,8-13,15-16H2. The van der Waals surface area contributed by atoms with E-state index in [2.05, 4.69) is 61.8 Å². The van der Waals surface area contributed by atoms with E-state index in [9.17, 15) is 4.79 Å². The number of nitrogens with zero attached hydrogens (tertiary/aromatic N) is 4. The van der Waals surface area contributed by atoms with Crippen molar-refractivity contribution in [1.29, 1.82) is 0 Å². The van der Waals surface area contributed by atoms with Gasteiger partial charge in [0.15, 0.2) is 0 Å². The van der Waals surface area contributed by atoms with Gasteiger partial charge in [0, 0.05) is 69.7 Å². The Bertz CT molecular complexity index is 968. The highest BCUT2D eigenvalue weighted by Gasteiger charge is 2.37. The summed E-state index contributed by atoms with van der Waals surface area (Å²) in [5.74, 6) is 0.678. The van der Waals surface area contributed by atoms with Crippen LogP contribution in [0.2, 0.25) is 0 Å². The number of morpholine rings is 1. The van der Waals surface area contributed by atoms with Crippen molar-refractivity contribution >= 4 is 17.7 Å². The molecule has 7 nitrogen and oxygen atoms in total. The van der Waals surface area contributed by atoms with Crippen LogP contribution in [0, 0.1) is 5.92 Å². The molecule has 1 N–H and O–H groups in total. The smallest absolute Gasteiger partial charge is 0.225 e. The number of rotatable bonds is 4. The van der Waals surface area contributed by atoms with Gasteiger partial charge >= 0.3 is 0 Å². The Labute approximate surface area is 189 Å². The van der Waals surface area contributed by atoms with Crippen LogP contribution in [-0.4, -0.2) is 78.8 Å². The van der Waals surface area contributed by atoms with Crippen molar-refractivity contribution in [3.05, 3.63) is 53.4 Å². The highest BCUT2D eigenvalue weighted by molar-refractivity contribution is 5.81. The molecule has 0 radical (unpaired) electrons. The number of hydrazone groups is 1. The fraction of sp³-hybridized carbons (Fsp3) is 0.520. The summed E-state index contributed by atoms with van der Waals surface area (Å²) in [5.41, 5.74) is 5.12. The first-order chi connectivity index (χ1) is 15.8. The van der Waals surface area contributed by atoms with Crippen molar-refractivity contribution in [3.8, 4) is 0 Å². The Kier molecular flexibility index (Phi) is 5.23. The van der Waals surface area contributed by atoms with E-state index in [-0.39, 0.29) is 12.1 Å². The van der Waals surface area contributed by atoms with Gasteiger partial charge in [0.05, 0.1) is 18.8 Å². The Hall–Kier alpha value is -2.64. The largest absolute Gasteiger partial charge is 0.371 e. The fourth-order valence-electron chi connectivity index (χ4n) is 5.26. The monoisotopic (exact) mass is 433 g/mol. The summed E-state index contributed by atoms with van der Waals surface area (Å²) in [6, 6.07) is 9.00. The maximum atomic E-state index is 12.4. The van der Waals surface area contributed by atoms with Gasteiger partial charge in [0.2, 0.25) is 5.91 Å². The maximum Gasteiger partial charge on any atom is 0.225 e. The van der Waals surface area contributed by atoms with Crippen LogP contribution in [0.5, 0.6) is 0 Å². The normalized spacial score (nSPS) is 27.8. The molecule has 1 amide bonds. The summed E-state index contributed by atoms with van der Waals surface area (Å²) in [5, 5.41) is 10.2. The van der Waals surface area contributed by atoms with Gasteiger partial charge in [0.25, 0.3) is 0 Å². The van der Waals surface area contributed by atoms with Crippen LogP contribution in [0.1, 0.15) is 36.5 Å². The Balaban J connectivity index is 1.14. The number of piperazine rings is 1. The first-order valence-corrected chi connectivity index (χ1v) is 12.0. The first kappa shape index (κ1) is 20.0. The predicted octanol–water partition coefficient (Wildman–Crippen LogP) is 2.20. The van der Waals surface area contributed by atoms with Crippen molar-refractivity contribution in [2.45, 2.75) is 31.4 Å². The lowest BCUT2D eigenvalue weighted by Crippen LogP contribution is -2.51. The topological polar surface area (TPSA) is 60.4 Å². The molecule has 3 fully saturated rings. The summed E-state index contributed by atoms with van der Waals surface area (Å²) in [6.07, 6.45) is 9.49. The molecule has 5 aliphatic rings. The lowest BCUT2D eigenvalue weighted by Gasteiger charge is -2.41. The molecule has 2 atom stereocenters. The number of amides is 1. The fourth-order valence-corrected chi connectivity index (χ4v) is 5.26. The Morgan fingerprint density at radius 2 is 2.03 bits per heavy atom. The van der Waals surface area contributed by atoms with Crippen LogP contribution in [0.15, 0.2) is 47.3 Å². The number of carbonyl (C=O) groups excluding carboxylic acids is 1. The average molecular weight is 434 g/mol. The molecular weight excluding hydrogens is 402 g/mol. The van der Waals surface area contributed by atoms with Gasteiger partial charge < -0.3 is 19.9 Å². The summed E-state index contributed by atoms with van der Waals surface area (Å²) in [4.78, 5) is 16.9. The molecule has 2 unspecified atom stereocenters. The van der Waals surface area contributed by atoms with Crippen molar-refractivity contribution in [3.63, 3.8) is 0 Å². The number of carbonyl (C=O) groups is 1. The lowest BCUT2D eigenvalue weighted by molar-refractivity contribution is -0.134. The highest BCUT2D eigenvalue weighted by atomic mass is 16.5. The number of ether oxygens (including phenoxy) is 1.